The molecule has 2 aromatic heterocycles. The molecule has 2 aromatic rings. The number of carbonyl (C=O) groups excluding carboxylic acids is 1. The van der Waals surface area contributed by atoms with Crippen LogP contribution in [0.5, 0.6) is 0 Å². The molecule has 0 saturated heterocycles. The molecule has 2 heterocycles. The van der Waals surface area contributed by atoms with E-state index in [0.29, 0.717) is 27.7 Å². The van der Waals surface area contributed by atoms with Crippen molar-refractivity contribution < 1.29 is 4.79 Å². The van der Waals surface area contributed by atoms with Crippen molar-refractivity contribution >= 4 is 17.2 Å². The molecule has 0 bridgehead atoms. The van der Waals surface area contributed by atoms with Crippen LogP contribution in [0.2, 0.25) is 0 Å². The van der Waals surface area contributed by atoms with E-state index in [4.69, 9.17) is 0 Å². The number of allylic oxidation sites excluding steroid dienone is 1. The molecule has 0 unspecified atom stereocenters. The SMILES string of the molecule is Cc1nc(-c2c(C)c(C)nn(C)c2=O)sc1C(=O)NCCC1=CCCCC1. The maximum atomic E-state index is 12.6. The number of amides is 1. The second-order valence-electron chi connectivity index (χ2n) is 7.06. The van der Waals surface area contributed by atoms with Gasteiger partial charge in [0.05, 0.1) is 17.0 Å². The summed E-state index contributed by atoms with van der Waals surface area (Å²) in [5.74, 6) is -0.118. The summed E-state index contributed by atoms with van der Waals surface area (Å²) in [6.07, 6.45) is 8.02. The summed E-state index contributed by atoms with van der Waals surface area (Å²) in [4.78, 5) is 30.2. The predicted molar refractivity (Wildman–Crippen MR) is 108 cm³/mol. The van der Waals surface area contributed by atoms with E-state index < -0.39 is 0 Å². The van der Waals surface area contributed by atoms with Crippen molar-refractivity contribution in [1.29, 1.82) is 0 Å². The van der Waals surface area contributed by atoms with Gasteiger partial charge >= 0.3 is 0 Å². The van der Waals surface area contributed by atoms with Gasteiger partial charge < -0.3 is 5.32 Å². The molecule has 0 saturated carbocycles. The molecule has 0 aromatic carbocycles. The zero-order chi connectivity index (χ0) is 19.6. The zero-order valence-electron chi connectivity index (χ0n) is 16.4. The van der Waals surface area contributed by atoms with Crippen LogP contribution in [0.15, 0.2) is 16.4 Å². The van der Waals surface area contributed by atoms with Crippen LogP contribution in [0.4, 0.5) is 0 Å². The molecule has 1 amide bonds. The van der Waals surface area contributed by atoms with Gasteiger partial charge in [0.25, 0.3) is 11.5 Å². The first-order valence-corrected chi connectivity index (χ1v) is 10.2. The fourth-order valence-corrected chi connectivity index (χ4v) is 4.44. The summed E-state index contributed by atoms with van der Waals surface area (Å²) in [5, 5.41) is 7.78. The number of rotatable bonds is 5. The van der Waals surface area contributed by atoms with Crippen LogP contribution in [-0.4, -0.2) is 27.2 Å². The molecule has 6 nitrogen and oxygen atoms in total. The molecule has 0 spiro atoms. The predicted octanol–water partition coefficient (Wildman–Crippen LogP) is 3.45. The molecule has 27 heavy (non-hydrogen) atoms. The standard InChI is InChI=1S/C20H26N4O2S/c1-12-13(2)23-24(4)20(26)16(12)19-22-14(3)17(27-19)18(25)21-11-10-15-8-6-5-7-9-15/h8H,5-7,9-11H2,1-4H3,(H,21,25). The lowest BCUT2D eigenvalue weighted by Crippen LogP contribution is -2.24. The number of thiazole rings is 1. The largest absolute Gasteiger partial charge is 0.351 e. The van der Waals surface area contributed by atoms with Gasteiger partial charge in [-0.3, -0.25) is 9.59 Å². The molecule has 3 rings (SSSR count). The highest BCUT2D eigenvalue weighted by atomic mass is 32.1. The molecule has 1 N–H and O–H groups in total. The van der Waals surface area contributed by atoms with Crippen molar-refractivity contribution in [3.63, 3.8) is 0 Å². The Morgan fingerprint density at radius 2 is 2.04 bits per heavy atom. The van der Waals surface area contributed by atoms with Crippen LogP contribution in [0.3, 0.4) is 0 Å². The van der Waals surface area contributed by atoms with E-state index in [0.717, 1.165) is 30.5 Å². The molecule has 1 aliphatic rings. The van der Waals surface area contributed by atoms with Crippen molar-refractivity contribution in [2.45, 2.75) is 52.9 Å². The molecule has 144 valence electrons. The third kappa shape index (κ3) is 4.18. The van der Waals surface area contributed by atoms with E-state index in [-0.39, 0.29) is 11.5 Å². The van der Waals surface area contributed by atoms with Crippen molar-refractivity contribution in [2.75, 3.05) is 6.54 Å². The highest BCUT2D eigenvalue weighted by Crippen LogP contribution is 2.28. The lowest BCUT2D eigenvalue weighted by Gasteiger charge is -2.12. The number of nitrogens with one attached hydrogen (secondary N) is 1. The van der Waals surface area contributed by atoms with Crippen molar-refractivity contribution in [3.8, 4) is 10.6 Å². The third-order valence-corrected chi connectivity index (χ3v) is 6.23. The Morgan fingerprint density at radius 3 is 2.74 bits per heavy atom. The Kier molecular flexibility index (Phi) is 5.89. The molecule has 0 fully saturated rings. The first-order valence-electron chi connectivity index (χ1n) is 9.37. The summed E-state index contributed by atoms with van der Waals surface area (Å²) < 4.78 is 1.33. The van der Waals surface area contributed by atoms with Gasteiger partial charge in [-0.2, -0.15) is 5.10 Å². The molecule has 0 aliphatic heterocycles. The minimum Gasteiger partial charge on any atom is -0.351 e. The number of carbonyl (C=O) groups is 1. The van der Waals surface area contributed by atoms with E-state index in [2.05, 4.69) is 21.5 Å². The van der Waals surface area contributed by atoms with E-state index in [1.54, 1.807) is 7.05 Å². The van der Waals surface area contributed by atoms with Gasteiger partial charge in [-0.15, -0.1) is 11.3 Å². The summed E-state index contributed by atoms with van der Waals surface area (Å²) in [6, 6.07) is 0. The maximum Gasteiger partial charge on any atom is 0.277 e. The fraction of sp³-hybridized carbons (Fsp3) is 0.500. The Balaban J connectivity index is 1.78. The Labute approximate surface area is 163 Å². The average Bonchev–Trinajstić information content (AvgIpc) is 3.02. The molecule has 1 aliphatic carbocycles. The summed E-state index contributed by atoms with van der Waals surface area (Å²) in [6.45, 7) is 6.18. The van der Waals surface area contributed by atoms with Crippen LogP contribution in [0, 0.1) is 20.8 Å². The first-order chi connectivity index (χ1) is 12.9. The highest BCUT2D eigenvalue weighted by molar-refractivity contribution is 7.17. The minimum atomic E-state index is -0.192. The van der Waals surface area contributed by atoms with Gasteiger partial charge in [-0.25, -0.2) is 9.67 Å². The average molecular weight is 387 g/mol. The number of aryl methyl sites for hydroxylation is 3. The van der Waals surface area contributed by atoms with Gasteiger partial charge in [0.15, 0.2) is 0 Å². The number of hydrogen-bond donors (Lipinski definition) is 1. The summed E-state index contributed by atoms with van der Waals surface area (Å²) >= 11 is 1.27. The van der Waals surface area contributed by atoms with Crippen LogP contribution in [-0.2, 0) is 7.05 Å². The Morgan fingerprint density at radius 1 is 1.26 bits per heavy atom. The Bertz CT molecular complexity index is 956. The monoisotopic (exact) mass is 386 g/mol. The lowest BCUT2D eigenvalue weighted by molar-refractivity contribution is 0.0957. The van der Waals surface area contributed by atoms with Gasteiger partial charge in [0.1, 0.15) is 9.88 Å². The smallest absolute Gasteiger partial charge is 0.277 e. The van der Waals surface area contributed by atoms with Crippen LogP contribution in [0.25, 0.3) is 10.6 Å². The molecular weight excluding hydrogens is 360 g/mol. The zero-order valence-corrected chi connectivity index (χ0v) is 17.2. The van der Waals surface area contributed by atoms with Crippen LogP contribution < -0.4 is 10.9 Å². The van der Waals surface area contributed by atoms with Crippen molar-refractivity contribution in [2.24, 2.45) is 7.05 Å². The van der Waals surface area contributed by atoms with Gasteiger partial charge in [0.2, 0.25) is 0 Å². The van der Waals surface area contributed by atoms with Crippen molar-refractivity contribution in [3.05, 3.63) is 43.8 Å². The Hall–Kier alpha value is -2.28. The summed E-state index contributed by atoms with van der Waals surface area (Å²) in [7, 11) is 1.63. The van der Waals surface area contributed by atoms with Gasteiger partial charge in [-0.1, -0.05) is 11.6 Å². The summed E-state index contributed by atoms with van der Waals surface area (Å²) in [5.41, 5.74) is 4.03. The quantitative estimate of drug-likeness (QED) is 0.799. The molecular formula is C20H26N4O2S. The lowest BCUT2D eigenvalue weighted by atomic mass is 9.97. The maximum absolute atomic E-state index is 12.6. The second kappa shape index (κ2) is 8.17. The minimum absolute atomic E-state index is 0.118. The number of hydrogen-bond acceptors (Lipinski definition) is 5. The topological polar surface area (TPSA) is 76.9 Å². The first kappa shape index (κ1) is 19.5. The molecule has 7 heteroatoms. The number of nitrogens with zero attached hydrogens (tertiary/aromatic N) is 3. The van der Waals surface area contributed by atoms with E-state index >= 15 is 0 Å². The normalized spacial score (nSPS) is 14.1. The molecule has 0 atom stereocenters. The number of aromatic nitrogens is 3. The second-order valence-corrected chi connectivity index (χ2v) is 8.06. The van der Waals surface area contributed by atoms with Crippen molar-refractivity contribution in [1.82, 2.24) is 20.1 Å². The van der Waals surface area contributed by atoms with E-state index in [1.807, 2.05) is 20.8 Å². The highest BCUT2D eigenvalue weighted by Gasteiger charge is 2.21. The van der Waals surface area contributed by atoms with Crippen LogP contribution >= 0.6 is 11.3 Å². The van der Waals surface area contributed by atoms with Gasteiger partial charge in [-0.05, 0) is 58.4 Å². The van der Waals surface area contributed by atoms with Gasteiger partial charge in [0, 0.05) is 13.6 Å². The van der Waals surface area contributed by atoms with E-state index in [9.17, 15) is 9.59 Å². The van der Waals surface area contributed by atoms with E-state index in [1.165, 1.54) is 34.4 Å². The fourth-order valence-electron chi connectivity index (χ4n) is 3.36. The van der Waals surface area contributed by atoms with Crippen LogP contribution in [0.1, 0.15) is 58.7 Å². The third-order valence-electron chi connectivity index (χ3n) is 5.06. The molecule has 0 radical (unpaired) electrons.